The number of sulfonamides is 1. The summed E-state index contributed by atoms with van der Waals surface area (Å²) in [6, 6.07) is 27.2. The molecular weight excluding hydrogens is 478 g/mol. The van der Waals surface area contributed by atoms with Crippen molar-refractivity contribution in [3.63, 3.8) is 0 Å². The number of ether oxygens (including phenoxy) is 1. The third-order valence-corrected chi connectivity index (χ3v) is 7.16. The first-order valence-corrected chi connectivity index (χ1v) is 12.6. The van der Waals surface area contributed by atoms with E-state index >= 15 is 0 Å². The molecule has 0 atom stereocenters. The first kappa shape index (κ1) is 23.5. The molecule has 36 heavy (non-hydrogen) atoms. The van der Waals surface area contributed by atoms with E-state index in [9.17, 15) is 18.0 Å². The summed E-state index contributed by atoms with van der Waals surface area (Å²) in [6.07, 6.45) is 0. The number of nitrogens with one attached hydrogen (secondary N) is 1. The van der Waals surface area contributed by atoms with Gasteiger partial charge < -0.3 is 9.15 Å². The van der Waals surface area contributed by atoms with Crippen molar-refractivity contribution in [1.82, 2.24) is 4.72 Å². The summed E-state index contributed by atoms with van der Waals surface area (Å²) < 4.78 is 38.9. The standard InChI is InChI=1S/C28H21NO6S/c30-26-16-22(27-24-12-5-4-9-20(24)13-14-25(27)35-26)18-34-28(31)21-10-6-11-23(15-21)36(32,33)29-17-19-7-2-1-3-8-19/h1-16,29H,17-18H2. The highest BCUT2D eigenvalue weighted by Gasteiger charge is 2.18. The van der Waals surface area contributed by atoms with Gasteiger partial charge in [-0.25, -0.2) is 22.7 Å². The molecule has 0 amide bonds. The average molecular weight is 500 g/mol. The van der Waals surface area contributed by atoms with Crippen LogP contribution in [0, 0.1) is 0 Å². The first-order valence-electron chi connectivity index (χ1n) is 11.2. The fourth-order valence-corrected chi connectivity index (χ4v) is 5.07. The smallest absolute Gasteiger partial charge is 0.338 e. The molecule has 0 spiro atoms. The Hall–Kier alpha value is -4.27. The highest BCUT2D eigenvalue weighted by atomic mass is 32.2. The normalized spacial score (nSPS) is 11.6. The van der Waals surface area contributed by atoms with Crippen molar-refractivity contribution < 1.29 is 22.4 Å². The molecule has 0 fully saturated rings. The van der Waals surface area contributed by atoms with Gasteiger partial charge in [-0.05, 0) is 40.6 Å². The van der Waals surface area contributed by atoms with E-state index in [0.717, 1.165) is 16.3 Å². The quantitative estimate of drug-likeness (QED) is 0.196. The molecule has 0 aliphatic carbocycles. The Morgan fingerprint density at radius 3 is 2.47 bits per heavy atom. The van der Waals surface area contributed by atoms with Crippen LogP contribution in [0.4, 0.5) is 0 Å². The highest BCUT2D eigenvalue weighted by molar-refractivity contribution is 7.89. The lowest BCUT2D eigenvalue weighted by Gasteiger charge is -2.11. The molecule has 0 radical (unpaired) electrons. The number of fused-ring (bicyclic) bond motifs is 3. The monoisotopic (exact) mass is 499 g/mol. The number of carbonyl (C=O) groups excluding carboxylic acids is 1. The van der Waals surface area contributed by atoms with Crippen molar-refractivity contribution in [1.29, 1.82) is 0 Å². The van der Waals surface area contributed by atoms with Crippen LogP contribution < -0.4 is 10.3 Å². The number of rotatable bonds is 7. The van der Waals surface area contributed by atoms with E-state index in [0.29, 0.717) is 16.5 Å². The van der Waals surface area contributed by atoms with Crippen LogP contribution >= 0.6 is 0 Å². The predicted octanol–water partition coefficient (Wildman–Crippen LogP) is 4.78. The van der Waals surface area contributed by atoms with E-state index in [1.807, 2.05) is 60.7 Å². The molecule has 0 unspecified atom stereocenters. The lowest BCUT2D eigenvalue weighted by Crippen LogP contribution is -2.23. The molecule has 0 aliphatic heterocycles. The van der Waals surface area contributed by atoms with Gasteiger partial charge in [0.2, 0.25) is 10.0 Å². The Kier molecular flexibility index (Phi) is 6.37. The van der Waals surface area contributed by atoms with Crippen LogP contribution in [0.2, 0.25) is 0 Å². The molecule has 5 rings (SSSR count). The maximum absolute atomic E-state index is 12.8. The Morgan fingerprint density at radius 2 is 1.64 bits per heavy atom. The van der Waals surface area contributed by atoms with Gasteiger partial charge in [0.25, 0.3) is 0 Å². The topological polar surface area (TPSA) is 103 Å². The Bertz CT molecular complexity index is 1740. The number of hydrogen-bond donors (Lipinski definition) is 1. The maximum Gasteiger partial charge on any atom is 0.338 e. The van der Waals surface area contributed by atoms with Gasteiger partial charge in [-0.3, -0.25) is 0 Å². The van der Waals surface area contributed by atoms with Gasteiger partial charge in [0.05, 0.1) is 10.5 Å². The molecular formula is C28H21NO6S. The van der Waals surface area contributed by atoms with E-state index in [1.165, 1.54) is 30.3 Å². The summed E-state index contributed by atoms with van der Waals surface area (Å²) >= 11 is 0. The molecule has 7 nitrogen and oxygen atoms in total. The van der Waals surface area contributed by atoms with Gasteiger partial charge in [-0.15, -0.1) is 0 Å². The molecule has 0 bridgehead atoms. The van der Waals surface area contributed by atoms with Gasteiger partial charge in [0.15, 0.2) is 0 Å². The minimum Gasteiger partial charge on any atom is -0.457 e. The SMILES string of the molecule is O=C(OCc1cc(=O)oc2ccc3ccccc3c12)c1cccc(S(=O)(=O)NCc2ccccc2)c1. The van der Waals surface area contributed by atoms with Crippen molar-refractivity contribution >= 4 is 37.7 Å². The van der Waals surface area contributed by atoms with Gasteiger partial charge in [-0.2, -0.15) is 0 Å². The lowest BCUT2D eigenvalue weighted by atomic mass is 10.0. The fourth-order valence-electron chi connectivity index (χ4n) is 4.01. The third kappa shape index (κ3) is 4.91. The molecule has 180 valence electrons. The number of carbonyl (C=O) groups is 1. The largest absolute Gasteiger partial charge is 0.457 e. The Labute approximate surface area is 207 Å². The predicted molar refractivity (Wildman–Crippen MR) is 136 cm³/mol. The van der Waals surface area contributed by atoms with Crippen LogP contribution in [0.5, 0.6) is 0 Å². The van der Waals surface area contributed by atoms with Crippen LogP contribution in [0.3, 0.4) is 0 Å². The molecule has 1 heterocycles. The van der Waals surface area contributed by atoms with Crippen LogP contribution in [0.1, 0.15) is 21.5 Å². The zero-order valence-electron chi connectivity index (χ0n) is 19.0. The average Bonchev–Trinajstić information content (AvgIpc) is 2.90. The van der Waals surface area contributed by atoms with Crippen LogP contribution in [0.15, 0.2) is 111 Å². The van der Waals surface area contributed by atoms with Crippen molar-refractivity contribution in [3.8, 4) is 0 Å². The molecule has 0 saturated carbocycles. The van der Waals surface area contributed by atoms with Gasteiger partial charge >= 0.3 is 11.6 Å². The summed E-state index contributed by atoms with van der Waals surface area (Å²) in [5, 5.41) is 2.50. The van der Waals surface area contributed by atoms with Crippen molar-refractivity contribution in [2.45, 2.75) is 18.0 Å². The van der Waals surface area contributed by atoms with Crippen molar-refractivity contribution in [2.75, 3.05) is 0 Å². The fraction of sp³-hybridized carbons (Fsp3) is 0.0714. The highest BCUT2D eigenvalue weighted by Crippen LogP contribution is 2.28. The molecule has 0 aliphatic rings. The van der Waals surface area contributed by atoms with Crippen molar-refractivity contribution in [2.24, 2.45) is 0 Å². The number of esters is 1. The summed E-state index contributed by atoms with van der Waals surface area (Å²) in [4.78, 5) is 24.9. The molecule has 1 aromatic heterocycles. The Balaban J connectivity index is 1.37. The van der Waals surface area contributed by atoms with Crippen LogP contribution in [-0.2, 0) is 27.9 Å². The zero-order chi connectivity index (χ0) is 25.1. The summed E-state index contributed by atoms with van der Waals surface area (Å²) in [5.74, 6) is -0.711. The number of benzene rings is 4. The minimum absolute atomic E-state index is 0.0512. The molecule has 0 saturated heterocycles. The van der Waals surface area contributed by atoms with Crippen molar-refractivity contribution in [3.05, 3.63) is 124 Å². The van der Waals surface area contributed by atoms with Gasteiger partial charge in [0, 0.05) is 23.6 Å². The van der Waals surface area contributed by atoms with E-state index in [2.05, 4.69) is 4.72 Å². The Morgan fingerprint density at radius 1 is 0.861 bits per heavy atom. The maximum atomic E-state index is 12.8. The van der Waals surface area contributed by atoms with E-state index < -0.39 is 21.6 Å². The second-order valence-corrected chi connectivity index (χ2v) is 9.93. The van der Waals surface area contributed by atoms with Gasteiger partial charge in [0.1, 0.15) is 12.2 Å². The summed E-state index contributed by atoms with van der Waals surface area (Å²) in [5.41, 5.74) is 1.23. The third-order valence-electron chi connectivity index (χ3n) is 5.76. The van der Waals surface area contributed by atoms with Crippen LogP contribution in [0.25, 0.3) is 21.7 Å². The van der Waals surface area contributed by atoms with Gasteiger partial charge in [-0.1, -0.05) is 66.7 Å². The van der Waals surface area contributed by atoms with Crippen LogP contribution in [-0.4, -0.2) is 14.4 Å². The molecule has 1 N–H and O–H groups in total. The first-order chi connectivity index (χ1) is 17.4. The summed E-state index contributed by atoms with van der Waals surface area (Å²) in [6.45, 7) is -0.0619. The molecule has 8 heteroatoms. The second kappa shape index (κ2) is 9.77. The van der Waals surface area contributed by atoms with E-state index in [1.54, 1.807) is 6.07 Å². The summed E-state index contributed by atoms with van der Waals surface area (Å²) in [7, 11) is -3.85. The molecule has 4 aromatic carbocycles. The zero-order valence-corrected chi connectivity index (χ0v) is 19.8. The lowest BCUT2D eigenvalue weighted by molar-refractivity contribution is 0.0473. The molecule has 5 aromatic rings. The van der Waals surface area contributed by atoms with E-state index in [-0.39, 0.29) is 23.6 Å². The number of hydrogen-bond acceptors (Lipinski definition) is 6. The second-order valence-electron chi connectivity index (χ2n) is 8.16. The minimum atomic E-state index is -3.85. The van der Waals surface area contributed by atoms with E-state index in [4.69, 9.17) is 9.15 Å².